The highest BCUT2D eigenvalue weighted by molar-refractivity contribution is 5.34. The molecule has 0 aromatic carbocycles. The van der Waals surface area contributed by atoms with Gasteiger partial charge in [-0.1, -0.05) is 17.7 Å². The van der Waals surface area contributed by atoms with Crippen LogP contribution in [-0.4, -0.2) is 31.2 Å². The Balaban J connectivity index is 2.02. The van der Waals surface area contributed by atoms with Gasteiger partial charge in [-0.2, -0.15) is 5.26 Å². The molecule has 1 N–H and O–H groups in total. The van der Waals surface area contributed by atoms with Gasteiger partial charge in [-0.3, -0.25) is 0 Å². The van der Waals surface area contributed by atoms with Gasteiger partial charge >= 0.3 is 0 Å². The Morgan fingerprint density at radius 1 is 1.53 bits per heavy atom. The number of aliphatic hydroxyl groups excluding tert-OH is 1. The zero-order valence-electron chi connectivity index (χ0n) is 11.4. The summed E-state index contributed by atoms with van der Waals surface area (Å²) in [5, 5.41) is 19.0. The molecular weight excluding hydrogens is 242 g/mol. The van der Waals surface area contributed by atoms with E-state index in [0.29, 0.717) is 26.2 Å². The van der Waals surface area contributed by atoms with Crippen molar-refractivity contribution in [1.82, 2.24) is 0 Å². The topological polar surface area (TPSA) is 62.5 Å². The van der Waals surface area contributed by atoms with Crippen LogP contribution in [0.5, 0.6) is 0 Å². The van der Waals surface area contributed by atoms with Crippen molar-refractivity contribution in [2.24, 2.45) is 5.41 Å². The molecule has 0 bridgehead atoms. The van der Waals surface area contributed by atoms with Crippen molar-refractivity contribution in [3.05, 3.63) is 23.3 Å². The van der Waals surface area contributed by atoms with Crippen LogP contribution in [0.3, 0.4) is 0 Å². The predicted molar refractivity (Wildman–Crippen MR) is 71.1 cm³/mol. The third kappa shape index (κ3) is 3.24. The molecule has 2 rings (SSSR count). The summed E-state index contributed by atoms with van der Waals surface area (Å²) >= 11 is 0. The van der Waals surface area contributed by atoms with Crippen LogP contribution in [0.2, 0.25) is 0 Å². The molecule has 2 aliphatic rings. The van der Waals surface area contributed by atoms with E-state index in [2.05, 4.69) is 6.07 Å². The maximum atomic E-state index is 9.62. The molecule has 4 nitrogen and oxygen atoms in total. The lowest BCUT2D eigenvalue weighted by atomic mass is 9.76. The van der Waals surface area contributed by atoms with Gasteiger partial charge in [0.1, 0.15) is 5.41 Å². The monoisotopic (exact) mass is 263 g/mol. The van der Waals surface area contributed by atoms with Gasteiger partial charge in [0, 0.05) is 19.6 Å². The van der Waals surface area contributed by atoms with Gasteiger partial charge in [-0.05, 0) is 31.8 Å². The molecule has 0 spiro atoms. The standard InChI is InChI=1S/C15H21NO3/c1-2-19-14(17)9-12-3-5-13(6-4-12)15(10-16)7-8-18-11-15/h3,5,14,17H,2,4,6-9,11H2,1H3. The summed E-state index contributed by atoms with van der Waals surface area (Å²) in [6.45, 7) is 3.57. The van der Waals surface area contributed by atoms with Gasteiger partial charge in [-0.15, -0.1) is 0 Å². The first-order valence-electron chi connectivity index (χ1n) is 6.88. The molecule has 1 aliphatic carbocycles. The first-order valence-corrected chi connectivity index (χ1v) is 6.88. The molecule has 2 unspecified atom stereocenters. The van der Waals surface area contributed by atoms with E-state index < -0.39 is 11.7 Å². The zero-order chi connectivity index (χ0) is 13.7. The maximum Gasteiger partial charge on any atom is 0.158 e. The van der Waals surface area contributed by atoms with Gasteiger partial charge in [0.15, 0.2) is 6.29 Å². The van der Waals surface area contributed by atoms with E-state index in [0.717, 1.165) is 19.3 Å². The van der Waals surface area contributed by atoms with Crippen LogP contribution >= 0.6 is 0 Å². The van der Waals surface area contributed by atoms with Crippen molar-refractivity contribution >= 4 is 0 Å². The second kappa shape index (κ2) is 6.33. The van der Waals surface area contributed by atoms with Crippen LogP contribution in [0.4, 0.5) is 0 Å². The Labute approximate surface area is 114 Å². The highest BCUT2D eigenvalue weighted by Gasteiger charge is 2.38. The average molecular weight is 263 g/mol. The average Bonchev–Trinajstić information content (AvgIpc) is 2.90. The number of nitrogens with zero attached hydrogens (tertiary/aromatic N) is 1. The van der Waals surface area contributed by atoms with E-state index >= 15 is 0 Å². The number of hydrogen-bond acceptors (Lipinski definition) is 4. The first kappa shape index (κ1) is 14.3. The lowest BCUT2D eigenvalue weighted by Crippen LogP contribution is -2.23. The fraction of sp³-hybridized carbons (Fsp3) is 0.667. The Bertz CT molecular complexity index is 414. The van der Waals surface area contributed by atoms with Crippen LogP contribution in [0.15, 0.2) is 23.3 Å². The molecule has 104 valence electrons. The van der Waals surface area contributed by atoms with Gasteiger partial charge < -0.3 is 14.6 Å². The molecule has 0 radical (unpaired) electrons. The van der Waals surface area contributed by atoms with E-state index in [1.165, 1.54) is 11.1 Å². The molecule has 0 aromatic heterocycles. The fourth-order valence-corrected chi connectivity index (χ4v) is 2.70. The van der Waals surface area contributed by atoms with E-state index in [4.69, 9.17) is 9.47 Å². The van der Waals surface area contributed by atoms with Crippen LogP contribution in [0.1, 0.15) is 32.6 Å². The molecule has 1 fully saturated rings. The van der Waals surface area contributed by atoms with E-state index in [1.54, 1.807) is 0 Å². The van der Waals surface area contributed by atoms with Crippen LogP contribution in [0.25, 0.3) is 0 Å². The molecule has 1 saturated heterocycles. The minimum atomic E-state index is -0.717. The Hall–Kier alpha value is -1.15. The molecule has 4 heteroatoms. The van der Waals surface area contributed by atoms with E-state index in [9.17, 15) is 10.4 Å². The highest BCUT2D eigenvalue weighted by Crippen LogP contribution is 2.40. The minimum absolute atomic E-state index is 0.416. The van der Waals surface area contributed by atoms with Gasteiger partial charge in [-0.25, -0.2) is 0 Å². The Morgan fingerprint density at radius 3 is 2.89 bits per heavy atom. The smallest absolute Gasteiger partial charge is 0.158 e. The Kier molecular flexibility index (Phi) is 4.76. The van der Waals surface area contributed by atoms with Crippen molar-refractivity contribution in [2.45, 2.75) is 38.9 Å². The summed E-state index contributed by atoms with van der Waals surface area (Å²) in [5.41, 5.74) is 1.93. The molecule has 2 atom stereocenters. The quantitative estimate of drug-likeness (QED) is 0.773. The third-order valence-corrected chi connectivity index (χ3v) is 3.88. The second-order valence-electron chi connectivity index (χ2n) is 5.13. The number of allylic oxidation sites excluding steroid dienone is 2. The second-order valence-corrected chi connectivity index (χ2v) is 5.13. The fourth-order valence-electron chi connectivity index (χ4n) is 2.70. The SMILES string of the molecule is CCOC(O)CC1=CC=C(C2(C#N)CCOC2)CC1. The highest BCUT2D eigenvalue weighted by atomic mass is 16.6. The number of ether oxygens (including phenoxy) is 2. The molecule has 19 heavy (non-hydrogen) atoms. The molecule has 1 aliphatic heterocycles. The molecule has 0 saturated carbocycles. The first-order chi connectivity index (χ1) is 9.20. The van der Waals surface area contributed by atoms with Crippen LogP contribution in [0, 0.1) is 16.7 Å². The maximum absolute atomic E-state index is 9.62. The van der Waals surface area contributed by atoms with Crippen molar-refractivity contribution in [3.8, 4) is 6.07 Å². The number of hydrogen-bond donors (Lipinski definition) is 1. The normalized spacial score (nSPS) is 28.5. The van der Waals surface area contributed by atoms with Gasteiger partial charge in [0.25, 0.3) is 0 Å². The summed E-state index contributed by atoms with van der Waals surface area (Å²) in [6.07, 6.45) is 6.45. The summed E-state index contributed by atoms with van der Waals surface area (Å²) in [5.74, 6) is 0. The largest absolute Gasteiger partial charge is 0.379 e. The minimum Gasteiger partial charge on any atom is -0.379 e. The predicted octanol–water partition coefficient (Wildman–Crippen LogP) is 2.31. The molecule has 0 aromatic rings. The summed E-state index contributed by atoms with van der Waals surface area (Å²) in [7, 11) is 0. The number of nitriles is 1. The molecular formula is C15H21NO3. The number of aliphatic hydroxyl groups is 1. The zero-order valence-corrected chi connectivity index (χ0v) is 11.4. The Morgan fingerprint density at radius 2 is 2.37 bits per heavy atom. The van der Waals surface area contributed by atoms with Crippen LogP contribution < -0.4 is 0 Å². The summed E-state index contributed by atoms with van der Waals surface area (Å²) < 4.78 is 10.5. The summed E-state index contributed by atoms with van der Waals surface area (Å²) in [6, 6.07) is 2.43. The molecule has 1 heterocycles. The molecule has 0 amide bonds. The van der Waals surface area contributed by atoms with Crippen molar-refractivity contribution in [3.63, 3.8) is 0 Å². The van der Waals surface area contributed by atoms with Crippen LogP contribution in [-0.2, 0) is 9.47 Å². The number of rotatable bonds is 5. The van der Waals surface area contributed by atoms with Crippen molar-refractivity contribution in [2.75, 3.05) is 19.8 Å². The van der Waals surface area contributed by atoms with E-state index in [-0.39, 0.29) is 0 Å². The lowest BCUT2D eigenvalue weighted by Gasteiger charge is -2.26. The van der Waals surface area contributed by atoms with Crippen molar-refractivity contribution < 1.29 is 14.6 Å². The third-order valence-electron chi connectivity index (χ3n) is 3.88. The summed E-state index contributed by atoms with van der Waals surface area (Å²) in [4.78, 5) is 0. The van der Waals surface area contributed by atoms with Gasteiger partial charge in [0.05, 0.1) is 12.7 Å². The van der Waals surface area contributed by atoms with Crippen molar-refractivity contribution in [1.29, 1.82) is 5.26 Å². The van der Waals surface area contributed by atoms with Gasteiger partial charge in [0.2, 0.25) is 0 Å². The lowest BCUT2D eigenvalue weighted by molar-refractivity contribution is -0.0930. The van der Waals surface area contributed by atoms with E-state index in [1.807, 2.05) is 19.1 Å².